The Bertz CT molecular complexity index is 5050. The van der Waals surface area contributed by atoms with Crippen molar-refractivity contribution in [2.24, 2.45) is 0 Å². The number of aryl methyl sites for hydroxylation is 1. The predicted octanol–water partition coefficient (Wildman–Crippen LogP) is 18.1. The average Bonchev–Trinajstić information content (AvgIpc) is 1.66. The Morgan fingerprint density at radius 3 is 0.836 bits per heavy atom. The van der Waals surface area contributed by atoms with Gasteiger partial charge in [0.05, 0.1) is 0 Å². The predicted molar refractivity (Wildman–Crippen MR) is 439 cm³/mol. The summed E-state index contributed by atoms with van der Waals surface area (Å²) in [5, 5.41) is 77.0. The summed E-state index contributed by atoms with van der Waals surface area (Å²) in [6, 6.07) is 70.1. The Hall–Kier alpha value is -12.0. The van der Waals surface area contributed by atoms with Crippen molar-refractivity contribution >= 4 is 0 Å². The van der Waals surface area contributed by atoms with E-state index in [1.165, 1.54) is 87.1 Å². The van der Waals surface area contributed by atoms with Crippen LogP contribution in [0.1, 0.15) is 198 Å². The molecule has 0 radical (unpaired) electrons. The maximum atomic E-state index is 11.4. The van der Waals surface area contributed by atoms with Crippen LogP contribution in [-0.2, 0) is 0 Å². The third-order valence-corrected chi connectivity index (χ3v) is 19.7. The molecule has 4 aliphatic rings. The Labute approximate surface area is 641 Å². The first-order chi connectivity index (χ1) is 52.9. The first-order valence-corrected chi connectivity index (χ1v) is 37.6. The van der Waals surface area contributed by atoms with E-state index in [1.54, 1.807) is 103 Å². The van der Waals surface area contributed by atoms with Crippen molar-refractivity contribution in [2.45, 2.75) is 166 Å². The molecule has 10 aromatic rings. The second-order valence-corrected chi connectivity index (χ2v) is 27.9. The third-order valence-electron chi connectivity index (χ3n) is 19.7. The fraction of sp³-hybridized carbons (Fsp3) is 0.277. The van der Waals surface area contributed by atoms with E-state index < -0.39 is 0 Å². The van der Waals surface area contributed by atoms with Crippen molar-refractivity contribution in [2.75, 3.05) is 0 Å². The van der Waals surface area contributed by atoms with Gasteiger partial charge in [0, 0.05) is 44.5 Å². The van der Waals surface area contributed by atoms with E-state index in [-0.39, 0.29) is 101 Å². The summed E-state index contributed by atoms with van der Waals surface area (Å²) in [6.45, 7) is 9.90. The monoisotopic (exact) mass is 1480 g/mol. The summed E-state index contributed by atoms with van der Waals surface area (Å²) < 4.78 is 0. The minimum absolute atomic E-state index is 0.0492. The molecule has 4 fully saturated rings. The van der Waals surface area contributed by atoms with Crippen LogP contribution in [0.25, 0.3) is 22.3 Å². The van der Waals surface area contributed by atoms with Crippen LogP contribution in [0.2, 0.25) is 0 Å². The lowest BCUT2D eigenvalue weighted by atomic mass is 9.80. The lowest BCUT2D eigenvalue weighted by Crippen LogP contribution is -2.10. The maximum absolute atomic E-state index is 11.4. The van der Waals surface area contributed by atoms with Crippen molar-refractivity contribution < 1.29 is 40.9 Å². The quantitative estimate of drug-likeness (QED) is 0.0666. The summed E-state index contributed by atoms with van der Waals surface area (Å²) in [7, 11) is 0. The second-order valence-electron chi connectivity index (χ2n) is 27.9. The molecule has 8 N–H and O–H groups in total. The smallest absolute Gasteiger partial charge is 0.220 e. The molecule has 0 bridgehead atoms. The zero-order valence-electron chi connectivity index (χ0n) is 63.1. The van der Waals surface area contributed by atoms with Gasteiger partial charge in [0.15, 0.2) is 46.0 Å². The normalized spacial score (nSPS) is 13.7. The molecule has 0 amide bonds. The van der Waals surface area contributed by atoms with Gasteiger partial charge in [-0.15, -0.1) is 0 Å². The lowest BCUT2D eigenvalue weighted by Gasteiger charge is -2.25. The highest BCUT2D eigenvalue weighted by molar-refractivity contribution is 5.70. The van der Waals surface area contributed by atoms with Gasteiger partial charge >= 0.3 is 0 Å². The summed E-state index contributed by atoms with van der Waals surface area (Å²) >= 11 is 0. The maximum Gasteiger partial charge on any atom is 0.220 e. The average molecular weight is 1490 g/mol. The molecule has 14 rings (SSSR count). The van der Waals surface area contributed by atoms with Crippen molar-refractivity contribution in [1.82, 2.24) is 0 Å². The number of benzene rings is 2. The molecular formula is C94H100O16. The number of rotatable bonds is 9. The van der Waals surface area contributed by atoms with Crippen molar-refractivity contribution in [1.29, 1.82) is 0 Å². The SMILES string of the molecule is CC(C)c1ccccc(=O)c1O.CCC(C)c1ccccc(=O)c1O.Cc1ccc(-c2ccccc(=O)c2O)cc1.O=c1ccccc(-c2ccccc2)c1O.O=c1ccccc(C2CC2)c1O.O=c1ccccc(C2CCC2)c1O.O=c1ccccc(C2CCCC2)c1O.O=c1ccccc(C2CCCCC2)c1O. The van der Waals surface area contributed by atoms with Crippen LogP contribution < -0.4 is 43.4 Å². The van der Waals surface area contributed by atoms with Gasteiger partial charge in [-0.25, -0.2) is 0 Å². The summed E-state index contributed by atoms with van der Waals surface area (Å²) in [4.78, 5) is 90.2. The Balaban J connectivity index is 0.000000175. The summed E-state index contributed by atoms with van der Waals surface area (Å²) in [6.07, 6.45) is 17.0. The minimum atomic E-state index is -0.362. The molecule has 0 heterocycles. The lowest BCUT2D eigenvalue weighted by molar-refractivity contribution is 0.392. The van der Waals surface area contributed by atoms with Crippen LogP contribution >= 0.6 is 0 Å². The van der Waals surface area contributed by atoms with Gasteiger partial charge < -0.3 is 40.9 Å². The first-order valence-electron chi connectivity index (χ1n) is 37.6. The van der Waals surface area contributed by atoms with Gasteiger partial charge in [-0.1, -0.05) is 272 Å². The molecule has 0 saturated heterocycles. The largest absolute Gasteiger partial charge is 0.504 e. The van der Waals surface area contributed by atoms with Gasteiger partial charge in [-0.2, -0.15) is 0 Å². The number of hydrogen-bond acceptors (Lipinski definition) is 16. The molecule has 0 spiro atoms. The number of aromatic hydroxyl groups is 8. The van der Waals surface area contributed by atoms with Gasteiger partial charge in [-0.3, -0.25) is 38.4 Å². The summed E-state index contributed by atoms with van der Waals surface area (Å²) in [5.74, 6) is 1.10. The molecule has 1 atom stereocenters. The fourth-order valence-electron chi connectivity index (χ4n) is 12.8. The van der Waals surface area contributed by atoms with Crippen LogP contribution in [-0.4, -0.2) is 40.9 Å². The van der Waals surface area contributed by atoms with Crippen LogP contribution in [0.15, 0.2) is 287 Å². The van der Waals surface area contributed by atoms with E-state index in [2.05, 4.69) is 0 Å². The van der Waals surface area contributed by atoms with Gasteiger partial charge in [0.25, 0.3) is 0 Å². The fourth-order valence-corrected chi connectivity index (χ4v) is 12.8. The van der Waals surface area contributed by atoms with E-state index >= 15 is 0 Å². The zero-order valence-corrected chi connectivity index (χ0v) is 63.1. The van der Waals surface area contributed by atoms with Crippen LogP contribution in [0, 0.1) is 6.92 Å². The Morgan fingerprint density at radius 1 is 0.264 bits per heavy atom. The molecule has 4 saturated carbocycles. The van der Waals surface area contributed by atoms with E-state index in [1.807, 2.05) is 132 Å². The van der Waals surface area contributed by atoms with Crippen LogP contribution in [0.5, 0.6) is 46.0 Å². The minimum Gasteiger partial charge on any atom is -0.504 e. The van der Waals surface area contributed by atoms with E-state index in [9.17, 15) is 79.2 Å². The molecule has 0 aromatic heterocycles. The first kappa shape index (κ1) is 85.2. The highest BCUT2D eigenvalue weighted by Crippen LogP contribution is 2.43. The molecule has 1 unspecified atom stereocenters. The zero-order chi connectivity index (χ0) is 79.7. The highest BCUT2D eigenvalue weighted by atomic mass is 16.3. The highest BCUT2D eigenvalue weighted by Gasteiger charge is 2.27. The Morgan fingerprint density at radius 2 is 0.518 bits per heavy atom. The van der Waals surface area contributed by atoms with E-state index in [0.29, 0.717) is 40.4 Å². The third kappa shape index (κ3) is 25.6. The van der Waals surface area contributed by atoms with Crippen molar-refractivity contribution in [3.8, 4) is 68.2 Å². The van der Waals surface area contributed by atoms with Crippen LogP contribution in [0.3, 0.4) is 0 Å². The molecular weight excluding hydrogens is 1390 g/mol. The van der Waals surface area contributed by atoms with Gasteiger partial charge in [0.2, 0.25) is 43.4 Å². The number of hydrogen-bond donors (Lipinski definition) is 8. The van der Waals surface area contributed by atoms with E-state index in [0.717, 1.165) is 102 Å². The van der Waals surface area contributed by atoms with Crippen LogP contribution in [0.4, 0.5) is 0 Å². The molecule has 572 valence electrons. The van der Waals surface area contributed by atoms with Gasteiger partial charge in [0.1, 0.15) is 0 Å². The topological polar surface area (TPSA) is 298 Å². The molecule has 4 aliphatic carbocycles. The Kier molecular flexibility index (Phi) is 33.8. The van der Waals surface area contributed by atoms with Crippen molar-refractivity contribution in [3.63, 3.8) is 0 Å². The molecule has 0 aliphatic heterocycles. The molecule has 110 heavy (non-hydrogen) atoms. The molecule has 10 aromatic carbocycles. The van der Waals surface area contributed by atoms with Gasteiger partial charge in [-0.05, 0) is 160 Å². The standard InChI is InChI=1S/C14H12O2.C13H16O2.C13H10O2.C12H14O2.C11H12O2.C11H14O2.C10H10O2.C10H12O2/c1-10-6-8-11(9-7-10)12-4-2-3-5-13(15)14(12)16;2*14-12-9-5-4-8-11(13(12)15)10-6-2-1-3-7-10;13-11-8-4-3-7-10(12(11)14)9-5-1-2-6-9;12-10-7-2-1-6-9(11(10)13)8-4-3-5-8;1-3-8(2)9-6-4-5-7-10(12)11(9)13;11-9-4-2-1-3-8(10(9)12)7-5-6-7;1-7(2)8-5-3-4-6-9(11)10(8)12/h2-9H,1H3,(H,15,16);4-5,8-10H,1-3,6-7H2,(H,14,15);1-9H,(H,14,15);3-4,7-9H,1-2,5-6H2,(H,13,14);1-2,6-8H,3-5H2,(H,12,13);4-8H,3H2,1-2H3,(H,12,13);1-4,7H,5-6H2,(H,11,12);3-7H,1-2H3,(H,11,12). The molecule has 16 nitrogen and oxygen atoms in total. The summed E-state index contributed by atoms with van der Waals surface area (Å²) in [5.41, 5.74) is 6.26. The molecule has 16 heteroatoms. The van der Waals surface area contributed by atoms with E-state index in [4.69, 9.17) is 0 Å². The second kappa shape index (κ2) is 43.7. The van der Waals surface area contributed by atoms with Crippen molar-refractivity contribution in [3.05, 3.63) is 369 Å².